The number of nitrogens with one attached hydrogen (secondary N) is 1. The van der Waals surface area contributed by atoms with Crippen molar-refractivity contribution in [1.82, 2.24) is 9.80 Å². The van der Waals surface area contributed by atoms with Gasteiger partial charge in [-0.2, -0.15) is 0 Å². The topological polar surface area (TPSA) is 52.7 Å². The summed E-state index contributed by atoms with van der Waals surface area (Å²) in [4.78, 5) is 29.8. The number of rotatable bonds is 5. The average molecular weight is 390 g/mol. The van der Waals surface area contributed by atoms with Crippen molar-refractivity contribution in [1.29, 1.82) is 0 Å². The molecule has 1 N–H and O–H groups in total. The molecule has 1 aromatic rings. The summed E-state index contributed by atoms with van der Waals surface area (Å²) in [5.41, 5.74) is 0.748. The molecule has 1 heterocycles. The minimum Gasteiger partial charge on any atom is -0.340 e. The number of carbonyl (C=O) groups is 2. The molecule has 1 aromatic carbocycles. The van der Waals surface area contributed by atoms with Crippen molar-refractivity contribution in [3.05, 3.63) is 29.3 Å². The number of piperazine rings is 1. The SMILES string of the molecule is O=C(Nc1cccc(Cl)c1)[C@H](C1CCCC1)N1CCN(C(=O)C2CC2)CC1. The Morgan fingerprint density at radius 2 is 1.74 bits per heavy atom. The lowest BCUT2D eigenvalue weighted by Crippen LogP contribution is -2.57. The second-order valence-corrected chi connectivity index (χ2v) is 8.56. The van der Waals surface area contributed by atoms with Crippen molar-refractivity contribution in [3.8, 4) is 0 Å². The zero-order valence-electron chi connectivity index (χ0n) is 15.7. The van der Waals surface area contributed by atoms with Gasteiger partial charge in [-0.25, -0.2) is 0 Å². The van der Waals surface area contributed by atoms with E-state index in [0.29, 0.717) is 16.8 Å². The molecule has 2 aliphatic carbocycles. The molecule has 4 rings (SSSR count). The van der Waals surface area contributed by atoms with Gasteiger partial charge in [0, 0.05) is 42.8 Å². The average Bonchev–Trinajstić information content (AvgIpc) is 3.38. The summed E-state index contributed by atoms with van der Waals surface area (Å²) in [6, 6.07) is 7.20. The molecule has 0 spiro atoms. The van der Waals surface area contributed by atoms with E-state index in [0.717, 1.165) is 57.5 Å². The summed E-state index contributed by atoms with van der Waals surface area (Å²) < 4.78 is 0. The largest absolute Gasteiger partial charge is 0.340 e. The Hall–Kier alpha value is -1.59. The summed E-state index contributed by atoms with van der Waals surface area (Å²) in [6.45, 7) is 3.04. The molecule has 0 radical (unpaired) electrons. The van der Waals surface area contributed by atoms with E-state index in [4.69, 9.17) is 11.6 Å². The van der Waals surface area contributed by atoms with Crippen molar-refractivity contribution >= 4 is 29.1 Å². The maximum Gasteiger partial charge on any atom is 0.242 e. The number of halogens is 1. The highest BCUT2D eigenvalue weighted by Gasteiger charge is 2.39. The summed E-state index contributed by atoms with van der Waals surface area (Å²) in [6.07, 6.45) is 6.71. The molecule has 27 heavy (non-hydrogen) atoms. The molecular weight excluding hydrogens is 362 g/mol. The monoisotopic (exact) mass is 389 g/mol. The minimum absolute atomic E-state index is 0.0612. The molecule has 0 bridgehead atoms. The van der Waals surface area contributed by atoms with E-state index in [1.165, 1.54) is 12.8 Å². The highest BCUT2D eigenvalue weighted by Crippen LogP contribution is 2.33. The van der Waals surface area contributed by atoms with Gasteiger partial charge >= 0.3 is 0 Å². The Kier molecular flexibility index (Phi) is 5.69. The van der Waals surface area contributed by atoms with Crippen LogP contribution in [0.4, 0.5) is 5.69 Å². The Morgan fingerprint density at radius 1 is 1.04 bits per heavy atom. The standard InChI is InChI=1S/C21H28ClN3O2/c22-17-6-3-7-18(14-17)23-20(26)19(15-4-1-2-5-15)24-10-12-25(13-11-24)21(27)16-8-9-16/h3,6-7,14-16,19H,1-2,4-5,8-13H2,(H,23,26)/t19-/m0/s1. The fourth-order valence-electron chi connectivity index (χ4n) is 4.54. The Bertz CT molecular complexity index is 692. The molecule has 5 nitrogen and oxygen atoms in total. The van der Waals surface area contributed by atoms with Crippen LogP contribution in [0.5, 0.6) is 0 Å². The highest BCUT2D eigenvalue weighted by atomic mass is 35.5. The lowest BCUT2D eigenvalue weighted by Gasteiger charge is -2.40. The number of benzene rings is 1. The van der Waals surface area contributed by atoms with E-state index in [9.17, 15) is 9.59 Å². The smallest absolute Gasteiger partial charge is 0.242 e. The first kappa shape index (κ1) is 18.8. The Labute approximate surface area is 166 Å². The van der Waals surface area contributed by atoms with Gasteiger partial charge in [0.15, 0.2) is 0 Å². The van der Waals surface area contributed by atoms with Gasteiger partial charge in [0.1, 0.15) is 0 Å². The maximum atomic E-state index is 13.2. The van der Waals surface area contributed by atoms with Gasteiger partial charge in [0.2, 0.25) is 11.8 Å². The number of amides is 2. The van der Waals surface area contributed by atoms with Crippen LogP contribution in [0, 0.1) is 11.8 Å². The van der Waals surface area contributed by atoms with Crippen molar-refractivity contribution < 1.29 is 9.59 Å². The Balaban J connectivity index is 1.43. The van der Waals surface area contributed by atoms with Crippen LogP contribution in [0.25, 0.3) is 0 Å². The molecule has 3 fully saturated rings. The molecule has 0 unspecified atom stereocenters. The zero-order chi connectivity index (χ0) is 18.8. The fraction of sp³-hybridized carbons (Fsp3) is 0.619. The van der Waals surface area contributed by atoms with Gasteiger partial charge in [-0.15, -0.1) is 0 Å². The number of hydrogen-bond donors (Lipinski definition) is 1. The molecule has 1 saturated heterocycles. The second-order valence-electron chi connectivity index (χ2n) is 8.12. The molecule has 2 saturated carbocycles. The lowest BCUT2D eigenvalue weighted by atomic mass is 9.94. The van der Waals surface area contributed by atoms with Crippen molar-refractivity contribution in [2.75, 3.05) is 31.5 Å². The third kappa shape index (κ3) is 4.46. The summed E-state index contributed by atoms with van der Waals surface area (Å²) >= 11 is 6.06. The second kappa shape index (κ2) is 8.19. The molecule has 1 atom stereocenters. The predicted octanol–water partition coefficient (Wildman–Crippen LogP) is 3.39. The first-order valence-corrected chi connectivity index (χ1v) is 10.6. The third-order valence-corrected chi connectivity index (χ3v) is 6.39. The van der Waals surface area contributed by atoms with Crippen LogP contribution in [0.15, 0.2) is 24.3 Å². The van der Waals surface area contributed by atoms with E-state index >= 15 is 0 Å². The van der Waals surface area contributed by atoms with Crippen LogP contribution in [-0.4, -0.2) is 53.8 Å². The van der Waals surface area contributed by atoms with Crippen molar-refractivity contribution in [3.63, 3.8) is 0 Å². The van der Waals surface area contributed by atoms with E-state index in [-0.39, 0.29) is 17.9 Å². The summed E-state index contributed by atoms with van der Waals surface area (Å²) in [5.74, 6) is 1.05. The molecule has 6 heteroatoms. The summed E-state index contributed by atoms with van der Waals surface area (Å²) in [7, 11) is 0. The summed E-state index contributed by atoms with van der Waals surface area (Å²) in [5, 5.41) is 3.70. The van der Waals surface area contributed by atoms with Gasteiger partial charge in [-0.3, -0.25) is 14.5 Å². The Morgan fingerprint density at radius 3 is 2.37 bits per heavy atom. The molecule has 146 valence electrons. The van der Waals surface area contributed by atoms with Gasteiger partial charge in [-0.05, 0) is 49.8 Å². The van der Waals surface area contributed by atoms with Crippen LogP contribution >= 0.6 is 11.6 Å². The minimum atomic E-state index is -0.121. The first-order chi connectivity index (χ1) is 13.1. The van der Waals surface area contributed by atoms with Crippen LogP contribution in [0.3, 0.4) is 0 Å². The fourth-order valence-corrected chi connectivity index (χ4v) is 4.73. The number of carbonyl (C=O) groups excluding carboxylic acids is 2. The van der Waals surface area contributed by atoms with Crippen molar-refractivity contribution in [2.45, 2.75) is 44.6 Å². The first-order valence-electron chi connectivity index (χ1n) is 10.2. The van der Waals surface area contributed by atoms with E-state index in [2.05, 4.69) is 10.2 Å². The van der Waals surface area contributed by atoms with Crippen molar-refractivity contribution in [2.24, 2.45) is 11.8 Å². The zero-order valence-corrected chi connectivity index (χ0v) is 16.5. The van der Waals surface area contributed by atoms with Crippen LogP contribution < -0.4 is 5.32 Å². The highest BCUT2D eigenvalue weighted by molar-refractivity contribution is 6.30. The maximum absolute atomic E-state index is 13.2. The van der Waals surface area contributed by atoms with Gasteiger partial charge in [-0.1, -0.05) is 30.5 Å². The van der Waals surface area contributed by atoms with E-state index in [1.54, 1.807) is 6.07 Å². The van der Waals surface area contributed by atoms with Crippen LogP contribution in [0.2, 0.25) is 5.02 Å². The molecule has 2 amide bonds. The number of nitrogens with zero attached hydrogens (tertiary/aromatic N) is 2. The lowest BCUT2D eigenvalue weighted by molar-refractivity contribution is -0.135. The van der Waals surface area contributed by atoms with Gasteiger partial charge < -0.3 is 10.2 Å². The van der Waals surface area contributed by atoms with E-state index in [1.807, 2.05) is 23.1 Å². The quantitative estimate of drug-likeness (QED) is 0.839. The molecular formula is C21H28ClN3O2. The van der Waals surface area contributed by atoms with Crippen LogP contribution in [0.1, 0.15) is 38.5 Å². The molecule has 1 aliphatic heterocycles. The van der Waals surface area contributed by atoms with Gasteiger partial charge in [0.25, 0.3) is 0 Å². The third-order valence-electron chi connectivity index (χ3n) is 6.15. The number of anilines is 1. The number of hydrogen-bond acceptors (Lipinski definition) is 3. The normalized spacial score (nSPS) is 22.6. The van der Waals surface area contributed by atoms with E-state index < -0.39 is 0 Å². The van der Waals surface area contributed by atoms with Crippen LogP contribution in [-0.2, 0) is 9.59 Å². The molecule has 3 aliphatic rings. The molecule has 0 aromatic heterocycles. The predicted molar refractivity (Wildman–Crippen MR) is 107 cm³/mol. The van der Waals surface area contributed by atoms with Gasteiger partial charge in [0.05, 0.1) is 6.04 Å².